The fourth-order valence-corrected chi connectivity index (χ4v) is 2.71. The van der Waals surface area contributed by atoms with Gasteiger partial charge >= 0.3 is 6.09 Å². The van der Waals surface area contributed by atoms with Crippen LogP contribution in [0, 0.1) is 0 Å². The number of hydrogen-bond donors (Lipinski definition) is 1. The highest BCUT2D eigenvalue weighted by Gasteiger charge is 2.23. The van der Waals surface area contributed by atoms with Crippen LogP contribution in [0.3, 0.4) is 0 Å². The van der Waals surface area contributed by atoms with E-state index < -0.39 is 0 Å². The lowest BCUT2D eigenvalue weighted by atomic mass is 10.2. The molecule has 2 heterocycles. The van der Waals surface area contributed by atoms with Gasteiger partial charge in [0, 0.05) is 11.3 Å². The minimum atomic E-state index is -0.363. The van der Waals surface area contributed by atoms with Gasteiger partial charge in [-0.15, -0.1) is 10.2 Å². The molecule has 1 saturated heterocycles. The van der Waals surface area contributed by atoms with E-state index in [1.165, 1.54) is 16.2 Å². The lowest BCUT2D eigenvalue weighted by Crippen LogP contribution is -2.23. The van der Waals surface area contributed by atoms with Gasteiger partial charge in [-0.2, -0.15) is 0 Å². The fraction of sp³-hybridized carbons (Fsp3) is 0.286. The van der Waals surface area contributed by atoms with E-state index in [2.05, 4.69) is 15.5 Å². The second-order valence-corrected chi connectivity index (χ2v) is 5.68. The Morgan fingerprint density at radius 3 is 2.73 bits per heavy atom. The quantitative estimate of drug-likeness (QED) is 0.935. The number of anilines is 2. The molecule has 7 nitrogen and oxygen atoms in total. The number of carbonyl (C=O) groups is 2. The Kier molecular flexibility index (Phi) is 4.01. The Balaban J connectivity index is 1.69. The fourth-order valence-electron chi connectivity index (χ4n) is 2.04. The van der Waals surface area contributed by atoms with Gasteiger partial charge in [-0.05, 0) is 30.7 Å². The molecule has 8 heteroatoms. The van der Waals surface area contributed by atoms with Crippen LogP contribution in [-0.2, 0) is 11.2 Å². The summed E-state index contributed by atoms with van der Waals surface area (Å²) in [6.45, 7) is 2.89. The van der Waals surface area contributed by atoms with Crippen LogP contribution in [0.1, 0.15) is 22.3 Å². The summed E-state index contributed by atoms with van der Waals surface area (Å²) in [5.41, 5.74) is 1.20. The molecule has 0 aliphatic carbocycles. The largest absolute Gasteiger partial charge is 0.447 e. The molecular formula is C14H14N4O3S. The van der Waals surface area contributed by atoms with Gasteiger partial charge in [0.25, 0.3) is 5.91 Å². The summed E-state index contributed by atoms with van der Waals surface area (Å²) in [7, 11) is 0. The van der Waals surface area contributed by atoms with E-state index in [4.69, 9.17) is 4.74 Å². The molecule has 0 radical (unpaired) electrons. The zero-order valence-corrected chi connectivity index (χ0v) is 12.7. The van der Waals surface area contributed by atoms with Gasteiger partial charge in [0.1, 0.15) is 11.6 Å². The summed E-state index contributed by atoms with van der Waals surface area (Å²) in [5.74, 6) is -0.255. The average Bonchev–Trinajstić information content (AvgIpc) is 3.16. The van der Waals surface area contributed by atoms with E-state index in [0.717, 1.165) is 11.4 Å². The van der Waals surface area contributed by atoms with Crippen LogP contribution < -0.4 is 10.2 Å². The van der Waals surface area contributed by atoms with Crippen molar-refractivity contribution in [1.82, 2.24) is 10.2 Å². The van der Waals surface area contributed by atoms with E-state index in [0.29, 0.717) is 29.5 Å². The van der Waals surface area contributed by atoms with Crippen molar-refractivity contribution < 1.29 is 14.3 Å². The zero-order valence-electron chi connectivity index (χ0n) is 11.9. The van der Waals surface area contributed by atoms with Crippen LogP contribution in [0.5, 0.6) is 0 Å². The van der Waals surface area contributed by atoms with Gasteiger partial charge in [-0.3, -0.25) is 15.0 Å². The number of cyclic esters (lactones) is 1. The predicted molar refractivity (Wildman–Crippen MR) is 82.4 cm³/mol. The smallest absolute Gasteiger partial charge is 0.414 e. The van der Waals surface area contributed by atoms with E-state index in [-0.39, 0.29) is 12.0 Å². The lowest BCUT2D eigenvalue weighted by Gasteiger charge is -2.12. The van der Waals surface area contributed by atoms with Gasteiger partial charge in [0.2, 0.25) is 5.13 Å². The molecule has 0 spiro atoms. The summed E-state index contributed by atoms with van der Waals surface area (Å²) in [6.07, 6.45) is 0.423. The number of nitrogens with one attached hydrogen (secondary N) is 1. The monoisotopic (exact) mass is 318 g/mol. The Morgan fingerprint density at radius 1 is 1.36 bits per heavy atom. The third-order valence-corrected chi connectivity index (χ3v) is 4.17. The Bertz CT molecular complexity index is 698. The molecular weight excluding hydrogens is 304 g/mol. The topological polar surface area (TPSA) is 84.4 Å². The number of rotatable bonds is 4. The third kappa shape index (κ3) is 2.91. The first-order valence-corrected chi connectivity index (χ1v) is 7.67. The summed E-state index contributed by atoms with van der Waals surface area (Å²) in [6, 6.07) is 6.77. The molecule has 1 aromatic heterocycles. The van der Waals surface area contributed by atoms with Gasteiger partial charge < -0.3 is 4.74 Å². The maximum Gasteiger partial charge on any atom is 0.414 e. The first-order chi connectivity index (χ1) is 10.7. The van der Waals surface area contributed by atoms with Gasteiger partial charge in [-0.1, -0.05) is 18.3 Å². The molecule has 1 N–H and O–H groups in total. The number of amides is 2. The highest BCUT2D eigenvalue weighted by atomic mass is 32.1. The van der Waals surface area contributed by atoms with Crippen molar-refractivity contribution in [3.8, 4) is 0 Å². The highest BCUT2D eigenvalue weighted by molar-refractivity contribution is 7.15. The van der Waals surface area contributed by atoms with Crippen molar-refractivity contribution in [2.75, 3.05) is 23.4 Å². The number of nitrogens with zero attached hydrogens (tertiary/aromatic N) is 3. The number of benzene rings is 1. The second kappa shape index (κ2) is 6.10. The first-order valence-electron chi connectivity index (χ1n) is 6.85. The van der Waals surface area contributed by atoms with E-state index in [1.807, 2.05) is 6.92 Å². The van der Waals surface area contributed by atoms with Crippen LogP contribution in [0.25, 0.3) is 0 Å². The number of ether oxygens (including phenoxy) is 1. The summed E-state index contributed by atoms with van der Waals surface area (Å²) in [4.78, 5) is 25.1. The molecule has 2 amide bonds. The van der Waals surface area contributed by atoms with Crippen LogP contribution in [0.15, 0.2) is 24.3 Å². The Hall–Kier alpha value is -2.48. The lowest BCUT2D eigenvalue weighted by molar-refractivity contribution is 0.102. The zero-order chi connectivity index (χ0) is 15.5. The highest BCUT2D eigenvalue weighted by Crippen LogP contribution is 2.20. The van der Waals surface area contributed by atoms with Gasteiger partial charge in [0.05, 0.1) is 6.54 Å². The molecule has 1 fully saturated rings. The molecule has 0 saturated carbocycles. The third-order valence-electron chi connectivity index (χ3n) is 3.19. The Labute approximate surface area is 130 Å². The first kappa shape index (κ1) is 14.5. The van der Waals surface area contributed by atoms with Gasteiger partial charge in [0.15, 0.2) is 0 Å². The maximum atomic E-state index is 12.1. The van der Waals surface area contributed by atoms with Crippen molar-refractivity contribution in [2.24, 2.45) is 0 Å². The molecule has 1 aromatic carbocycles. The van der Waals surface area contributed by atoms with Gasteiger partial charge in [-0.25, -0.2) is 4.79 Å². The van der Waals surface area contributed by atoms with Crippen LogP contribution in [0.4, 0.5) is 15.6 Å². The van der Waals surface area contributed by atoms with Crippen LogP contribution in [0.2, 0.25) is 0 Å². The van der Waals surface area contributed by atoms with Crippen LogP contribution >= 0.6 is 11.3 Å². The SMILES string of the molecule is CCc1nnc(NC(=O)c2ccc(N3CCOC3=O)cc2)s1. The van der Waals surface area contributed by atoms with Crippen molar-refractivity contribution in [2.45, 2.75) is 13.3 Å². The molecule has 114 valence electrons. The minimum Gasteiger partial charge on any atom is -0.447 e. The molecule has 22 heavy (non-hydrogen) atoms. The standard InChI is InChI=1S/C14H14N4O3S/c1-2-11-16-17-13(22-11)15-12(19)9-3-5-10(6-4-9)18-7-8-21-14(18)20/h3-6H,2,7-8H2,1H3,(H,15,17,19). The molecule has 1 aliphatic rings. The van der Waals surface area contributed by atoms with E-state index in [9.17, 15) is 9.59 Å². The molecule has 3 rings (SSSR count). The molecule has 0 unspecified atom stereocenters. The van der Waals surface area contributed by atoms with E-state index >= 15 is 0 Å². The molecule has 1 aliphatic heterocycles. The second-order valence-electron chi connectivity index (χ2n) is 4.62. The van der Waals surface area contributed by atoms with Crippen molar-refractivity contribution in [1.29, 1.82) is 0 Å². The molecule has 0 atom stereocenters. The predicted octanol–water partition coefficient (Wildman–Crippen LogP) is 2.31. The summed E-state index contributed by atoms with van der Waals surface area (Å²) < 4.78 is 4.88. The normalized spacial score (nSPS) is 14.0. The van der Waals surface area contributed by atoms with Crippen LogP contribution in [-0.4, -0.2) is 35.3 Å². The summed E-state index contributed by atoms with van der Waals surface area (Å²) >= 11 is 1.36. The summed E-state index contributed by atoms with van der Waals surface area (Å²) in [5, 5.41) is 11.9. The molecule has 2 aromatic rings. The maximum absolute atomic E-state index is 12.1. The number of aryl methyl sites for hydroxylation is 1. The Morgan fingerprint density at radius 2 is 2.14 bits per heavy atom. The minimum absolute atomic E-state index is 0.255. The number of aromatic nitrogens is 2. The van der Waals surface area contributed by atoms with Crippen molar-refractivity contribution in [3.63, 3.8) is 0 Å². The van der Waals surface area contributed by atoms with Crippen molar-refractivity contribution in [3.05, 3.63) is 34.8 Å². The number of hydrogen-bond acceptors (Lipinski definition) is 6. The average molecular weight is 318 g/mol. The van der Waals surface area contributed by atoms with Crippen molar-refractivity contribution >= 4 is 34.2 Å². The number of carbonyl (C=O) groups excluding carboxylic acids is 2. The van der Waals surface area contributed by atoms with E-state index in [1.54, 1.807) is 24.3 Å². The molecule has 0 bridgehead atoms.